The molecule has 1 rings (SSSR count). The van der Waals surface area contributed by atoms with Crippen molar-refractivity contribution in [3.05, 3.63) is 34.9 Å². The van der Waals surface area contributed by atoms with Crippen molar-refractivity contribution in [2.75, 3.05) is 7.05 Å². The Hall–Kier alpha value is -1.17. The molecule has 17 heavy (non-hydrogen) atoms. The number of hydrogen-bond acceptors (Lipinski definition) is 1. The molecule has 96 valence electrons. The van der Waals surface area contributed by atoms with E-state index in [0.717, 1.165) is 6.07 Å². The summed E-state index contributed by atoms with van der Waals surface area (Å²) in [4.78, 5) is 0. The van der Waals surface area contributed by atoms with E-state index < -0.39 is 30.3 Å². The predicted octanol–water partition coefficient (Wildman–Crippen LogP) is 3.49. The number of rotatable bonds is 3. The molecular formula is C11H12F5N. The lowest BCUT2D eigenvalue weighted by molar-refractivity contribution is -0.140. The van der Waals surface area contributed by atoms with E-state index in [2.05, 4.69) is 5.32 Å². The van der Waals surface area contributed by atoms with Gasteiger partial charge in [-0.2, -0.15) is 13.2 Å². The van der Waals surface area contributed by atoms with Gasteiger partial charge in [0.15, 0.2) is 0 Å². The van der Waals surface area contributed by atoms with E-state index in [9.17, 15) is 22.0 Å². The molecule has 0 spiro atoms. The fourth-order valence-electron chi connectivity index (χ4n) is 1.55. The standard InChI is InChI=1S/C11H12F5N/c1-6-3-7(9(13)4-8(6)12)10(17-2)5-11(14,15)16/h3-4,10,17H,5H2,1-2H3. The Labute approximate surface area is 95.6 Å². The molecule has 0 saturated carbocycles. The third-order valence-electron chi connectivity index (χ3n) is 2.44. The van der Waals surface area contributed by atoms with Gasteiger partial charge in [-0.15, -0.1) is 0 Å². The highest BCUT2D eigenvalue weighted by Gasteiger charge is 2.33. The number of aryl methyl sites for hydroxylation is 1. The quantitative estimate of drug-likeness (QED) is 0.813. The molecule has 0 radical (unpaired) electrons. The van der Waals surface area contributed by atoms with Crippen molar-refractivity contribution in [3.63, 3.8) is 0 Å². The van der Waals surface area contributed by atoms with Crippen molar-refractivity contribution < 1.29 is 22.0 Å². The minimum absolute atomic E-state index is 0.115. The fourth-order valence-corrected chi connectivity index (χ4v) is 1.55. The van der Waals surface area contributed by atoms with Gasteiger partial charge in [-0.05, 0) is 25.6 Å². The van der Waals surface area contributed by atoms with Crippen LogP contribution in [0.5, 0.6) is 0 Å². The molecule has 0 heterocycles. The summed E-state index contributed by atoms with van der Waals surface area (Å²) in [7, 11) is 1.30. The van der Waals surface area contributed by atoms with E-state index in [1.165, 1.54) is 14.0 Å². The third kappa shape index (κ3) is 3.66. The predicted molar refractivity (Wildman–Crippen MR) is 53.6 cm³/mol. The van der Waals surface area contributed by atoms with Crippen LogP contribution in [0.1, 0.15) is 23.6 Å². The smallest absolute Gasteiger partial charge is 0.313 e. The van der Waals surface area contributed by atoms with Gasteiger partial charge in [-0.3, -0.25) is 0 Å². The van der Waals surface area contributed by atoms with Gasteiger partial charge >= 0.3 is 6.18 Å². The number of halogens is 5. The van der Waals surface area contributed by atoms with Gasteiger partial charge < -0.3 is 5.32 Å². The van der Waals surface area contributed by atoms with E-state index in [1.54, 1.807) is 0 Å². The van der Waals surface area contributed by atoms with Gasteiger partial charge in [0.1, 0.15) is 11.6 Å². The number of hydrogen-bond donors (Lipinski definition) is 1. The van der Waals surface area contributed by atoms with Crippen molar-refractivity contribution in [2.45, 2.75) is 25.6 Å². The Morgan fingerprint density at radius 1 is 1.18 bits per heavy atom. The fraction of sp³-hybridized carbons (Fsp3) is 0.455. The zero-order chi connectivity index (χ0) is 13.2. The van der Waals surface area contributed by atoms with Crippen molar-refractivity contribution in [1.82, 2.24) is 5.32 Å². The molecule has 1 aromatic carbocycles. The first kappa shape index (κ1) is 13.9. The summed E-state index contributed by atoms with van der Waals surface area (Å²) in [6, 6.07) is 0.484. The van der Waals surface area contributed by atoms with Gasteiger partial charge in [0.25, 0.3) is 0 Å². The molecular weight excluding hydrogens is 241 g/mol. The number of benzene rings is 1. The molecule has 0 amide bonds. The molecule has 0 aliphatic heterocycles. The van der Waals surface area contributed by atoms with Gasteiger partial charge in [0, 0.05) is 17.7 Å². The Kier molecular flexibility index (Phi) is 4.08. The normalized spacial score (nSPS) is 13.8. The highest BCUT2D eigenvalue weighted by atomic mass is 19.4. The summed E-state index contributed by atoms with van der Waals surface area (Å²) in [5.41, 5.74) is -0.0625. The first-order valence-electron chi connectivity index (χ1n) is 4.94. The SMILES string of the molecule is CNC(CC(F)(F)F)c1cc(C)c(F)cc1F. The summed E-state index contributed by atoms with van der Waals surface area (Å²) >= 11 is 0. The van der Waals surface area contributed by atoms with Crippen LogP contribution < -0.4 is 5.32 Å². The Morgan fingerprint density at radius 3 is 2.24 bits per heavy atom. The average Bonchev–Trinajstić information content (AvgIpc) is 2.19. The molecule has 0 aromatic heterocycles. The van der Waals surface area contributed by atoms with Crippen LogP contribution in [0.4, 0.5) is 22.0 Å². The summed E-state index contributed by atoms with van der Waals surface area (Å²) in [6.45, 7) is 1.37. The molecule has 1 unspecified atom stereocenters. The second-order valence-electron chi connectivity index (χ2n) is 3.78. The molecule has 1 aromatic rings. The topological polar surface area (TPSA) is 12.0 Å². The number of alkyl halides is 3. The average molecular weight is 253 g/mol. The van der Waals surface area contributed by atoms with Crippen LogP contribution in [0.25, 0.3) is 0 Å². The highest BCUT2D eigenvalue weighted by Crippen LogP contribution is 2.31. The van der Waals surface area contributed by atoms with E-state index in [0.29, 0.717) is 6.07 Å². The molecule has 0 bridgehead atoms. The van der Waals surface area contributed by atoms with Crippen LogP contribution in [-0.2, 0) is 0 Å². The molecule has 1 N–H and O–H groups in total. The summed E-state index contributed by atoms with van der Waals surface area (Å²) in [5.74, 6) is -1.75. The van der Waals surface area contributed by atoms with Crippen LogP contribution >= 0.6 is 0 Å². The van der Waals surface area contributed by atoms with E-state index >= 15 is 0 Å². The van der Waals surface area contributed by atoms with Crippen LogP contribution in [0.15, 0.2) is 12.1 Å². The van der Waals surface area contributed by atoms with Crippen LogP contribution in [-0.4, -0.2) is 13.2 Å². The zero-order valence-electron chi connectivity index (χ0n) is 9.33. The summed E-state index contributed by atoms with van der Waals surface area (Å²) in [5, 5.41) is 2.38. The maximum absolute atomic E-state index is 13.4. The second kappa shape index (κ2) is 5.00. The van der Waals surface area contributed by atoms with E-state index in [1.807, 2.05) is 0 Å². The summed E-state index contributed by atoms with van der Waals surface area (Å²) in [6.07, 6.45) is -5.62. The van der Waals surface area contributed by atoms with Gasteiger partial charge in [0.05, 0.1) is 6.42 Å². The molecule has 6 heteroatoms. The van der Waals surface area contributed by atoms with Gasteiger partial charge in [0.2, 0.25) is 0 Å². The minimum atomic E-state index is -4.41. The van der Waals surface area contributed by atoms with E-state index in [-0.39, 0.29) is 11.1 Å². The third-order valence-corrected chi connectivity index (χ3v) is 2.44. The lowest BCUT2D eigenvalue weighted by atomic mass is 10.0. The lowest BCUT2D eigenvalue weighted by Crippen LogP contribution is -2.24. The van der Waals surface area contributed by atoms with Crippen LogP contribution in [0, 0.1) is 18.6 Å². The van der Waals surface area contributed by atoms with Gasteiger partial charge in [-0.25, -0.2) is 8.78 Å². The van der Waals surface area contributed by atoms with Gasteiger partial charge in [-0.1, -0.05) is 0 Å². The van der Waals surface area contributed by atoms with Crippen molar-refractivity contribution >= 4 is 0 Å². The Morgan fingerprint density at radius 2 is 1.76 bits per heavy atom. The first-order chi connectivity index (χ1) is 7.74. The zero-order valence-corrected chi connectivity index (χ0v) is 9.33. The number of nitrogens with one attached hydrogen (secondary N) is 1. The summed E-state index contributed by atoms with van der Waals surface area (Å²) < 4.78 is 63.1. The van der Waals surface area contributed by atoms with Crippen LogP contribution in [0.2, 0.25) is 0 Å². The largest absolute Gasteiger partial charge is 0.390 e. The molecule has 1 atom stereocenters. The maximum Gasteiger partial charge on any atom is 0.390 e. The maximum atomic E-state index is 13.4. The molecule has 0 aliphatic rings. The second-order valence-corrected chi connectivity index (χ2v) is 3.78. The van der Waals surface area contributed by atoms with Crippen molar-refractivity contribution in [3.8, 4) is 0 Å². The highest BCUT2D eigenvalue weighted by molar-refractivity contribution is 5.28. The lowest BCUT2D eigenvalue weighted by Gasteiger charge is -2.19. The van der Waals surface area contributed by atoms with Crippen molar-refractivity contribution in [1.29, 1.82) is 0 Å². The Bertz CT molecular complexity index is 400. The van der Waals surface area contributed by atoms with E-state index in [4.69, 9.17) is 0 Å². The van der Waals surface area contributed by atoms with Crippen molar-refractivity contribution in [2.24, 2.45) is 0 Å². The molecule has 0 saturated heterocycles. The molecule has 0 fully saturated rings. The molecule has 0 aliphatic carbocycles. The monoisotopic (exact) mass is 253 g/mol. The Balaban J connectivity index is 3.08. The minimum Gasteiger partial charge on any atom is -0.313 e. The first-order valence-corrected chi connectivity index (χ1v) is 4.94. The molecule has 1 nitrogen and oxygen atoms in total. The van der Waals surface area contributed by atoms with Crippen LogP contribution in [0.3, 0.4) is 0 Å².